The summed E-state index contributed by atoms with van der Waals surface area (Å²) in [7, 11) is 1.68. The highest BCUT2D eigenvalue weighted by molar-refractivity contribution is 5.73. The number of rotatable bonds is 5. The van der Waals surface area contributed by atoms with Gasteiger partial charge in [0.25, 0.3) is 0 Å². The third kappa shape index (κ3) is 3.38. The van der Waals surface area contributed by atoms with E-state index < -0.39 is 0 Å². The molecule has 0 atom stereocenters. The van der Waals surface area contributed by atoms with Gasteiger partial charge in [-0.2, -0.15) is 0 Å². The van der Waals surface area contributed by atoms with Gasteiger partial charge in [-0.05, 0) is 24.1 Å². The zero-order chi connectivity index (χ0) is 12.6. The van der Waals surface area contributed by atoms with E-state index in [1.807, 2.05) is 24.3 Å². The van der Waals surface area contributed by atoms with Crippen LogP contribution >= 0.6 is 0 Å². The molecule has 0 saturated carbocycles. The molecule has 0 unspecified atom stereocenters. The lowest BCUT2D eigenvalue weighted by atomic mass is 10.1. The lowest BCUT2D eigenvalue weighted by Crippen LogP contribution is -1.96. The first-order valence-electron chi connectivity index (χ1n) is 5.79. The average Bonchev–Trinajstić information content (AvgIpc) is 2.45. The molecule has 0 spiro atoms. The van der Waals surface area contributed by atoms with Crippen LogP contribution in [0.15, 0.2) is 47.7 Å². The molecule has 0 amide bonds. The fraction of sp³-hybridized carbons (Fsp3) is 0.214. The second-order valence-corrected chi connectivity index (χ2v) is 3.70. The molecule has 0 aliphatic carbocycles. The fourth-order valence-electron chi connectivity index (χ4n) is 1.62. The van der Waals surface area contributed by atoms with Crippen molar-refractivity contribution in [2.75, 3.05) is 13.7 Å². The number of benzene rings is 1. The maximum atomic E-state index is 5.28. The SMILES string of the molecule is COc1ccccc1CCN=Cc1ncccn1. The Morgan fingerprint density at radius 3 is 2.72 bits per heavy atom. The number of ether oxygens (including phenoxy) is 1. The van der Waals surface area contributed by atoms with Crippen molar-refractivity contribution in [1.29, 1.82) is 0 Å². The molecule has 4 nitrogen and oxygen atoms in total. The van der Waals surface area contributed by atoms with Gasteiger partial charge in [0.1, 0.15) is 5.75 Å². The highest BCUT2D eigenvalue weighted by Gasteiger charge is 1.99. The largest absolute Gasteiger partial charge is 0.496 e. The summed E-state index contributed by atoms with van der Waals surface area (Å²) in [4.78, 5) is 12.5. The van der Waals surface area contributed by atoms with Crippen LogP contribution in [-0.2, 0) is 6.42 Å². The number of methoxy groups -OCH3 is 1. The topological polar surface area (TPSA) is 47.4 Å². The van der Waals surface area contributed by atoms with Crippen LogP contribution in [-0.4, -0.2) is 29.8 Å². The van der Waals surface area contributed by atoms with Crippen molar-refractivity contribution >= 4 is 6.21 Å². The van der Waals surface area contributed by atoms with Crippen molar-refractivity contribution in [2.45, 2.75) is 6.42 Å². The van der Waals surface area contributed by atoms with Gasteiger partial charge in [0.05, 0.1) is 13.3 Å². The molecule has 2 rings (SSSR count). The molecule has 2 aromatic rings. The van der Waals surface area contributed by atoms with Gasteiger partial charge < -0.3 is 4.74 Å². The van der Waals surface area contributed by atoms with Crippen LogP contribution in [0.1, 0.15) is 11.4 Å². The minimum Gasteiger partial charge on any atom is -0.496 e. The van der Waals surface area contributed by atoms with Crippen molar-refractivity contribution in [2.24, 2.45) is 4.99 Å². The van der Waals surface area contributed by atoms with E-state index in [1.54, 1.807) is 31.8 Å². The Kier molecular flexibility index (Phi) is 4.41. The van der Waals surface area contributed by atoms with E-state index in [-0.39, 0.29) is 0 Å². The van der Waals surface area contributed by atoms with Gasteiger partial charge in [0, 0.05) is 18.9 Å². The van der Waals surface area contributed by atoms with Crippen LogP contribution in [0.3, 0.4) is 0 Å². The van der Waals surface area contributed by atoms with Gasteiger partial charge in [0.2, 0.25) is 0 Å². The van der Waals surface area contributed by atoms with Crippen LogP contribution < -0.4 is 4.74 Å². The summed E-state index contributed by atoms with van der Waals surface area (Å²) in [6, 6.07) is 9.75. The Morgan fingerprint density at radius 2 is 1.94 bits per heavy atom. The van der Waals surface area contributed by atoms with E-state index in [0.717, 1.165) is 17.7 Å². The molecule has 0 radical (unpaired) electrons. The fourth-order valence-corrected chi connectivity index (χ4v) is 1.62. The van der Waals surface area contributed by atoms with Gasteiger partial charge in [-0.3, -0.25) is 4.99 Å². The summed E-state index contributed by atoms with van der Waals surface area (Å²) in [5, 5.41) is 0. The maximum absolute atomic E-state index is 5.28. The quantitative estimate of drug-likeness (QED) is 0.753. The minimum absolute atomic E-state index is 0.637. The first kappa shape index (κ1) is 12.2. The van der Waals surface area contributed by atoms with Crippen molar-refractivity contribution in [3.63, 3.8) is 0 Å². The van der Waals surface area contributed by atoms with E-state index >= 15 is 0 Å². The Labute approximate surface area is 106 Å². The maximum Gasteiger partial charge on any atom is 0.170 e. The number of aliphatic imine (C=N–C) groups is 1. The monoisotopic (exact) mass is 241 g/mol. The molecular formula is C14H15N3O. The average molecular weight is 241 g/mol. The molecular weight excluding hydrogens is 226 g/mol. The third-order valence-corrected chi connectivity index (χ3v) is 2.50. The number of hydrogen-bond donors (Lipinski definition) is 0. The zero-order valence-electron chi connectivity index (χ0n) is 10.3. The minimum atomic E-state index is 0.637. The van der Waals surface area contributed by atoms with E-state index in [0.29, 0.717) is 12.4 Å². The van der Waals surface area contributed by atoms with Crippen LogP contribution in [0.5, 0.6) is 5.75 Å². The number of nitrogens with zero attached hydrogens (tertiary/aromatic N) is 3. The smallest absolute Gasteiger partial charge is 0.170 e. The van der Waals surface area contributed by atoms with Gasteiger partial charge in [-0.15, -0.1) is 0 Å². The standard InChI is InChI=1S/C14H15N3O/c1-18-13-6-3-2-5-12(13)7-10-15-11-14-16-8-4-9-17-14/h2-6,8-9,11H,7,10H2,1H3. The summed E-state index contributed by atoms with van der Waals surface area (Å²) in [5.74, 6) is 1.54. The zero-order valence-corrected chi connectivity index (χ0v) is 10.3. The van der Waals surface area contributed by atoms with E-state index in [4.69, 9.17) is 4.74 Å². The van der Waals surface area contributed by atoms with Gasteiger partial charge in [-0.25, -0.2) is 9.97 Å². The first-order chi connectivity index (χ1) is 8.90. The second kappa shape index (κ2) is 6.49. The number of para-hydroxylation sites is 1. The van der Waals surface area contributed by atoms with Crippen LogP contribution in [0.4, 0.5) is 0 Å². The van der Waals surface area contributed by atoms with Crippen LogP contribution in [0, 0.1) is 0 Å². The van der Waals surface area contributed by atoms with E-state index in [2.05, 4.69) is 15.0 Å². The molecule has 18 heavy (non-hydrogen) atoms. The van der Waals surface area contributed by atoms with Gasteiger partial charge >= 0.3 is 0 Å². The van der Waals surface area contributed by atoms with Crippen molar-refractivity contribution < 1.29 is 4.74 Å². The predicted molar refractivity (Wildman–Crippen MR) is 71.2 cm³/mol. The summed E-state index contributed by atoms with van der Waals surface area (Å²) < 4.78 is 5.28. The lowest BCUT2D eigenvalue weighted by molar-refractivity contribution is 0.410. The van der Waals surface area contributed by atoms with Crippen molar-refractivity contribution in [1.82, 2.24) is 9.97 Å². The summed E-state index contributed by atoms with van der Waals surface area (Å²) >= 11 is 0. The van der Waals surface area contributed by atoms with E-state index in [1.165, 1.54) is 0 Å². The van der Waals surface area contributed by atoms with Gasteiger partial charge in [0.15, 0.2) is 5.82 Å². The number of aromatic nitrogens is 2. The highest BCUT2D eigenvalue weighted by atomic mass is 16.5. The molecule has 0 aliphatic rings. The van der Waals surface area contributed by atoms with Gasteiger partial charge in [-0.1, -0.05) is 18.2 Å². The normalized spacial score (nSPS) is 10.7. The lowest BCUT2D eigenvalue weighted by Gasteiger charge is -2.05. The summed E-state index contributed by atoms with van der Waals surface area (Å²) in [6.07, 6.45) is 5.94. The molecule has 0 fully saturated rings. The van der Waals surface area contributed by atoms with Crippen molar-refractivity contribution in [3.05, 3.63) is 54.1 Å². The molecule has 1 aromatic carbocycles. The predicted octanol–water partition coefficient (Wildman–Crippen LogP) is 2.15. The Balaban J connectivity index is 1.91. The summed E-state index contributed by atoms with van der Waals surface area (Å²) in [5.41, 5.74) is 1.16. The van der Waals surface area contributed by atoms with Crippen molar-refractivity contribution in [3.8, 4) is 5.75 Å². The molecule has 4 heteroatoms. The number of hydrogen-bond acceptors (Lipinski definition) is 4. The molecule has 1 aromatic heterocycles. The van der Waals surface area contributed by atoms with E-state index in [9.17, 15) is 0 Å². The molecule has 0 N–H and O–H groups in total. The third-order valence-electron chi connectivity index (χ3n) is 2.50. The summed E-state index contributed by atoms with van der Waals surface area (Å²) in [6.45, 7) is 0.693. The Morgan fingerprint density at radius 1 is 1.17 bits per heavy atom. The molecule has 0 bridgehead atoms. The van der Waals surface area contributed by atoms with Crippen LogP contribution in [0.2, 0.25) is 0 Å². The second-order valence-electron chi connectivity index (χ2n) is 3.70. The highest BCUT2D eigenvalue weighted by Crippen LogP contribution is 2.17. The van der Waals surface area contributed by atoms with Crippen LogP contribution in [0.25, 0.3) is 0 Å². The molecule has 1 heterocycles. The molecule has 0 aliphatic heterocycles. The molecule has 0 saturated heterocycles. The Bertz CT molecular complexity index is 511. The first-order valence-corrected chi connectivity index (χ1v) is 5.79. The Hall–Kier alpha value is -2.23. The molecule has 92 valence electrons.